The molecule has 0 saturated carbocycles. The lowest BCUT2D eigenvalue weighted by molar-refractivity contribution is -0.121. The molecular formula is C24H28ClN5O2. The van der Waals surface area contributed by atoms with Gasteiger partial charge in [0.05, 0.1) is 12.6 Å². The van der Waals surface area contributed by atoms with Crippen LogP contribution in [0.5, 0.6) is 0 Å². The lowest BCUT2D eigenvalue weighted by atomic mass is 10.1. The molecule has 0 spiro atoms. The van der Waals surface area contributed by atoms with Crippen molar-refractivity contribution in [2.45, 2.75) is 33.4 Å². The summed E-state index contributed by atoms with van der Waals surface area (Å²) in [5.74, 6) is 1.17. The fourth-order valence-electron chi connectivity index (χ4n) is 3.89. The summed E-state index contributed by atoms with van der Waals surface area (Å²) in [6, 6.07) is 13.2. The quantitative estimate of drug-likeness (QED) is 0.604. The number of halogens is 1. The molecule has 0 radical (unpaired) electrons. The van der Waals surface area contributed by atoms with Gasteiger partial charge >= 0.3 is 0 Å². The van der Waals surface area contributed by atoms with Crippen molar-refractivity contribution in [2.24, 2.45) is 0 Å². The van der Waals surface area contributed by atoms with Crippen LogP contribution in [0.1, 0.15) is 23.9 Å². The lowest BCUT2D eigenvalue weighted by Gasteiger charge is -2.36. The van der Waals surface area contributed by atoms with Gasteiger partial charge in [-0.1, -0.05) is 34.5 Å². The number of carbonyl (C=O) groups is 1. The summed E-state index contributed by atoms with van der Waals surface area (Å²) in [4.78, 5) is 21.8. The van der Waals surface area contributed by atoms with Crippen molar-refractivity contribution in [1.82, 2.24) is 19.9 Å². The van der Waals surface area contributed by atoms with Crippen molar-refractivity contribution >= 4 is 23.2 Å². The molecule has 1 atom stereocenters. The molecule has 1 aliphatic rings. The molecule has 1 N–H and O–H groups in total. The third-order valence-corrected chi connectivity index (χ3v) is 6.16. The van der Waals surface area contributed by atoms with E-state index in [0.717, 1.165) is 43.0 Å². The average molecular weight is 454 g/mol. The number of hydrogen-bond acceptors (Lipinski definition) is 6. The van der Waals surface area contributed by atoms with Gasteiger partial charge in [-0.2, -0.15) is 4.98 Å². The van der Waals surface area contributed by atoms with E-state index in [9.17, 15) is 4.79 Å². The predicted octanol–water partition coefficient (Wildman–Crippen LogP) is 4.15. The molecule has 8 heteroatoms. The van der Waals surface area contributed by atoms with Gasteiger partial charge < -0.3 is 9.84 Å². The zero-order chi connectivity index (χ0) is 22.7. The first-order chi connectivity index (χ1) is 15.4. The van der Waals surface area contributed by atoms with Crippen molar-refractivity contribution in [3.8, 4) is 11.4 Å². The number of anilines is 1. The van der Waals surface area contributed by atoms with E-state index >= 15 is 0 Å². The highest BCUT2D eigenvalue weighted by Crippen LogP contribution is 2.20. The number of hydrogen-bond donors (Lipinski definition) is 1. The van der Waals surface area contributed by atoms with E-state index < -0.39 is 0 Å². The first-order valence-corrected chi connectivity index (χ1v) is 11.2. The number of nitrogens with one attached hydrogen (secondary N) is 1. The highest BCUT2D eigenvalue weighted by molar-refractivity contribution is 6.30. The Kier molecular flexibility index (Phi) is 6.89. The molecule has 4 rings (SSSR count). The second-order valence-electron chi connectivity index (χ2n) is 8.31. The Morgan fingerprint density at radius 2 is 1.84 bits per heavy atom. The van der Waals surface area contributed by atoms with Gasteiger partial charge in [0.25, 0.3) is 0 Å². The SMILES string of the molecule is Cc1ccc(NC(=O)C(C)N2CCN(Cc3nc(-c4ccc(Cl)cc4)no3)CC2)c(C)c1. The highest BCUT2D eigenvalue weighted by Gasteiger charge is 2.26. The number of aromatic nitrogens is 2. The number of nitrogens with zero attached hydrogens (tertiary/aromatic N) is 4. The van der Waals surface area contributed by atoms with Gasteiger partial charge in [-0.15, -0.1) is 0 Å². The molecule has 32 heavy (non-hydrogen) atoms. The second kappa shape index (κ2) is 9.81. The Bertz CT molecular complexity index is 1070. The third kappa shape index (κ3) is 5.35. The molecule has 1 fully saturated rings. The van der Waals surface area contributed by atoms with Gasteiger partial charge in [-0.3, -0.25) is 14.6 Å². The van der Waals surface area contributed by atoms with Gasteiger partial charge in [0.1, 0.15) is 0 Å². The van der Waals surface area contributed by atoms with E-state index in [-0.39, 0.29) is 11.9 Å². The Labute approximate surface area is 193 Å². The van der Waals surface area contributed by atoms with Crippen molar-refractivity contribution in [3.05, 3.63) is 64.5 Å². The Hall–Kier alpha value is -2.74. The summed E-state index contributed by atoms with van der Waals surface area (Å²) in [7, 11) is 0. The van der Waals surface area contributed by atoms with Crippen molar-refractivity contribution in [1.29, 1.82) is 0 Å². The maximum absolute atomic E-state index is 12.8. The van der Waals surface area contributed by atoms with E-state index in [4.69, 9.17) is 16.1 Å². The summed E-state index contributed by atoms with van der Waals surface area (Å²) in [6.07, 6.45) is 0. The van der Waals surface area contributed by atoms with E-state index in [0.29, 0.717) is 23.3 Å². The Morgan fingerprint density at radius 3 is 2.53 bits per heavy atom. The maximum Gasteiger partial charge on any atom is 0.241 e. The van der Waals surface area contributed by atoms with Crippen molar-refractivity contribution < 1.29 is 9.32 Å². The van der Waals surface area contributed by atoms with Gasteiger partial charge in [-0.25, -0.2) is 0 Å². The fraction of sp³-hybridized carbons (Fsp3) is 0.375. The molecule has 2 aromatic carbocycles. The molecule has 1 aromatic heterocycles. The van der Waals surface area contributed by atoms with Crippen molar-refractivity contribution in [3.63, 3.8) is 0 Å². The van der Waals surface area contributed by atoms with E-state index in [1.165, 1.54) is 5.56 Å². The van der Waals surface area contributed by atoms with Gasteiger partial charge in [0.15, 0.2) is 0 Å². The molecule has 1 saturated heterocycles. The lowest BCUT2D eigenvalue weighted by Crippen LogP contribution is -2.52. The predicted molar refractivity (Wildman–Crippen MR) is 126 cm³/mol. The normalized spacial score (nSPS) is 16.1. The van der Waals surface area contributed by atoms with Gasteiger partial charge in [-0.05, 0) is 56.7 Å². The summed E-state index contributed by atoms with van der Waals surface area (Å²) in [5, 5.41) is 7.83. The average Bonchev–Trinajstić information content (AvgIpc) is 3.24. The van der Waals surface area contributed by atoms with Crippen LogP contribution in [0, 0.1) is 13.8 Å². The standard InChI is InChI=1S/C24H28ClN5O2/c1-16-4-9-21(17(2)14-16)26-24(31)18(3)30-12-10-29(11-13-30)15-22-27-23(28-32-22)19-5-7-20(25)8-6-19/h4-9,14,18H,10-13,15H2,1-3H3,(H,26,31). The molecular weight excluding hydrogens is 426 g/mol. The van der Waals surface area contributed by atoms with Gasteiger partial charge in [0, 0.05) is 42.5 Å². The summed E-state index contributed by atoms with van der Waals surface area (Å²) in [5.41, 5.74) is 4.01. The van der Waals surface area contributed by atoms with E-state index in [1.807, 2.05) is 57.2 Å². The summed E-state index contributed by atoms with van der Waals surface area (Å²) < 4.78 is 5.44. The molecule has 3 aromatic rings. The minimum atomic E-state index is -0.197. The number of aryl methyl sites for hydroxylation is 2. The zero-order valence-corrected chi connectivity index (χ0v) is 19.4. The number of amides is 1. The fourth-order valence-corrected chi connectivity index (χ4v) is 4.02. The highest BCUT2D eigenvalue weighted by atomic mass is 35.5. The largest absolute Gasteiger partial charge is 0.338 e. The molecule has 1 aliphatic heterocycles. The van der Waals surface area contributed by atoms with E-state index in [2.05, 4.69) is 31.3 Å². The summed E-state index contributed by atoms with van der Waals surface area (Å²) in [6.45, 7) is 9.90. The van der Waals surface area contributed by atoms with Crippen LogP contribution in [0.3, 0.4) is 0 Å². The molecule has 1 unspecified atom stereocenters. The topological polar surface area (TPSA) is 74.5 Å². The van der Waals surface area contributed by atoms with Crippen LogP contribution < -0.4 is 5.32 Å². The van der Waals surface area contributed by atoms with Crippen LogP contribution >= 0.6 is 11.6 Å². The third-order valence-electron chi connectivity index (χ3n) is 5.90. The molecule has 7 nitrogen and oxygen atoms in total. The number of carbonyl (C=O) groups excluding carboxylic acids is 1. The first kappa shape index (κ1) is 22.5. The molecule has 168 valence electrons. The number of piperazine rings is 1. The summed E-state index contributed by atoms with van der Waals surface area (Å²) >= 11 is 5.94. The number of benzene rings is 2. The van der Waals surface area contributed by atoms with Crippen molar-refractivity contribution in [2.75, 3.05) is 31.5 Å². The van der Waals surface area contributed by atoms with Crippen LogP contribution in [0.25, 0.3) is 11.4 Å². The van der Waals surface area contributed by atoms with Crippen LogP contribution in [0.2, 0.25) is 5.02 Å². The molecule has 1 amide bonds. The number of rotatable bonds is 6. The zero-order valence-electron chi connectivity index (χ0n) is 18.6. The molecule has 0 aliphatic carbocycles. The van der Waals surface area contributed by atoms with Gasteiger partial charge in [0.2, 0.25) is 17.6 Å². The minimum absolute atomic E-state index is 0.0231. The van der Waals surface area contributed by atoms with Crippen LogP contribution in [-0.4, -0.2) is 58.1 Å². The molecule has 2 heterocycles. The smallest absolute Gasteiger partial charge is 0.241 e. The second-order valence-corrected chi connectivity index (χ2v) is 8.75. The Morgan fingerprint density at radius 1 is 1.12 bits per heavy atom. The minimum Gasteiger partial charge on any atom is -0.338 e. The van der Waals surface area contributed by atoms with Crippen LogP contribution in [-0.2, 0) is 11.3 Å². The first-order valence-electron chi connectivity index (χ1n) is 10.8. The monoisotopic (exact) mass is 453 g/mol. The maximum atomic E-state index is 12.8. The van der Waals surface area contributed by atoms with Crippen LogP contribution in [0.15, 0.2) is 47.0 Å². The van der Waals surface area contributed by atoms with Crippen LogP contribution in [0.4, 0.5) is 5.69 Å². The van der Waals surface area contributed by atoms with E-state index in [1.54, 1.807) is 0 Å². The molecule has 0 bridgehead atoms. The Balaban J connectivity index is 1.28.